The first-order chi connectivity index (χ1) is 21.3. The maximum Gasteiger partial charge on any atom is 0.138 e. The number of hydrogen-bond acceptors (Lipinski definition) is 3. The van der Waals surface area contributed by atoms with Crippen LogP contribution in [0.4, 0.5) is 34.1 Å². The van der Waals surface area contributed by atoms with Crippen LogP contribution in [0.2, 0.25) is 0 Å². The van der Waals surface area contributed by atoms with Crippen molar-refractivity contribution in [1.29, 1.82) is 0 Å². The Morgan fingerprint density at radius 3 is 1.37 bits per heavy atom. The fourth-order valence-electron chi connectivity index (χ4n) is 5.89. The van der Waals surface area contributed by atoms with E-state index in [1.807, 2.05) is 36.4 Å². The molecule has 0 fully saturated rings. The van der Waals surface area contributed by atoms with Gasteiger partial charge in [0.15, 0.2) is 0 Å². The molecular formula is C40H30N2O. The summed E-state index contributed by atoms with van der Waals surface area (Å²) in [5, 5.41) is 2.07. The molecule has 0 aliphatic rings. The lowest BCUT2D eigenvalue weighted by molar-refractivity contribution is 0.669. The van der Waals surface area contributed by atoms with Gasteiger partial charge in [0.1, 0.15) is 11.2 Å². The first-order valence-electron chi connectivity index (χ1n) is 14.4. The van der Waals surface area contributed by atoms with Gasteiger partial charge in [0, 0.05) is 56.9 Å². The summed E-state index contributed by atoms with van der Waals surface area (Å²) in [6, 6.07) is 50.1. The van der Waals surface area contributed by atoms with Crippen LogP contribution in [-0.4, -0.2) is 0 Å². The van der Waals surface area contributed by atoms with Gasteiger partial charge in [-0.3, -0.25) is 0 Å². The van der Waals surface area contributed by atoms with Crippen LogP contribution in [0, 0.1) is 0 Å². The number of furan rings is 1. The molecule has 1 aromatic heterocycles. The van der Waals surface area contributed by atoms with E-state index >= 15 is 0 Å². The molecule has 0 aliphatic carbocycles. The zero-order chi connectivity index (χ0) is 29.2. The van der Waals surface area contributed by atoms with Gasteiger partial charge in [0.05, 0.1) is 5.69 Å². The van der Waals surface area contributed by atoms with Crippen molar-refractivity contribution in [2.24, 2.45) is 0 Å². The zero-order valence-corrected chi connectivity index (χ0v) is 23.7. The summed E-state index contributed by atoms with van der Waals surface area (Å²) >= 11 is 0. The van der Waals surface area contributed by atoms with Gasteiger partial charge in [-0.1, -0.05) is 98.1 Å². The molecule has 3 heteroatoms. The van der Waals surface area contributed by atoms with Gasteiger partial charge in [-0.25, -0.2) is 0 Å². The smallest absolute Gasteiger partial charge is 0.138 e. The number of nitrogens with zero attached hydrogens (tertiary/aromatic N) is 2. The lowest BCUT2D eigenvalue weighted by Crippen LogP contribution is -2.11. The molecule has 0 N–H and O–H groups in total. The monoisotopic (exact) mass is 554 g/mol. The van der Waals surface area contributed by atoms with Crippen LogP contribution in [0.5, 0.6) is 0 Å². The lowest BCUT2D eigenvalue weighted by Gasteiger charge is -2.28. The van der Waals surface area contributed by atoms with Gasteiger partial charge >= 0.3 is 0 Å². The summed E-state index contributed by atoms with van der Waals surface area (Å²) in [7, 11) is 0. The molecule has 0 bridgehead atoms. The zero-order valence-electron chi connectivity index (χ0n) is 23.7. The van der Waals surface area contributed by atoms with Crippen molar-refractivity contribution in [3.8, 4) is 0 Å². The van der Waals surface area contributed by atoms with Gasteiger partial charge in [-0.15, -0.1) is 0 Å². The molecule has 0 saturated carbocycles. The van der Waals surface area contributed by atoms with Crippen LogP contribution in [0.25, 0.3) is 34.1 Å². The van der Waals surface area contributed by atoms with Crippen molar-refractivity contribution in [3.63, 3.8) is 0 Å². The van der Waals surface area contributed by atoms with E-state index in [0.29, 0.717) is 0 Å². The predicted molar refractivity (Wildman–Crippen MR) is 183 cm³/mol. The molecule has 0 aliphatic heterocycles. The highest BCUT2D eigenvalue weighted by Gasteiger charge is 2.22. The standard InChI is InChI=1S/C40H30N2O/c1-3-34-35(4-2)40-36-26-25-33(41(29-17-9-5-10-18-29)30-19-11-6-12-20-30)27-38(36)43-39(40)28-37(34)42(31-21-13-7-14-22-31)32-23-15-8-16-24-32/h3-28H,1-2H2. The Hall–Kier alpha value is -5.80. The van der Waals surface area contributed by atoms with Crippen molar-refractivity contribution in [1.82, 2.24) is 0 Å². The number of para-hydroxylation sites is 4. The largest absolute Gasteiger partial charge is 0.456 e. The molecule has 7 rings (SSSR count). The fourth-order valence-corrected chi connectivity index (χ4v) is 5.89. The average Bonchev–Trinajstić information content (AvgIpc) is 3.44. The SMILES string of the molecule is C=Cc1c(N(c2ccccc2)c2ccccc2)cc2oc3cc(N(c4ccccc4)c4ccccc4)ccc3c2c1C=C. The molecule has 206 valence electrons. The maximum atomic E-state index is 6.68. The van der Waals surface area contributed by atoms with Gasteiger partial charge in [0.25, 0.3) is 0 Å². The Morgan fingerprint density at radius 2 is 0.907 bits per heavy atom. The molecule has 0 radical (unpaired) electrons. The van der Waals surface area contributed by atoms with Gasteiger partial charge in [-0.05, 0) is 66.2 Å². The van der Waals surface area contributed by atoms with Gasteiger partial charge in [0.2, 0.25) is 0 Å². The molecule has 1 heterocycles. The first-order valence-corrected chi connectivity index (χ1v) is 14.4. The Morgan fingerprint density at radius 1 is 0.442 bits per heavy atom. The molecule has 0 spiro atoms. The summed E-state index contributed by atoms with van der Waals surface area (Å²) in [6.45, 7) is 8.46. The van der Waals surface area contributed by atoms with Crippen molar-refractivity contribution in [3.05, 3.63) is 170 Å². The third kappa shape index (κ3) is 4.67. The van der Waals surface area contributed by atoms with E-state index in [1.54, 1.807) is 0 Å². The molecule has 0 unspecified atom stereocenters. The molecule has 3 nitrogen and oxygen atoms in total. The Balaban J connectivity index is 1.46. The summed E-state index contributed by atoms with van der Waals surface area (Å²) in [6.07, 6.45) is 3.84. The van der Waals surface area contributed by atoms with Crippen molar-refractivity contribution < 1.29 is 4.42 Å². The summed E-state index contributed by atoms with van der Waals surface area (Å²) in [5.41, 5.74) is 9.84. The number of benzene rings is 6. The lowest BCUT2D eigenvalue weighted by atomic mass is 9.97. The van der Waals surface area contributed by atoms with Crippen molar-refractivity contribution in [2.45, 2.75) is 0 Å². The first kappa shape index (κ1) is 26.1. The van der Waals surface area contributed by atoms with Crippen molar-refractivity contribution >= 4 is 68.2 Å². The van der Waals surface area contributed by atoms with Crippen LogP contribution in [0.3, 0.4) is 0 Å². The van der Waals surface area contributed by atoms with Crippen LogP contribution in [0.15, 0.2) is 163 Å². The topological polar surface area (TPSA) is 19.6 Å². The average molecular weight is 555 g/mol. The van der Waals surface area contributed by atoms with E-state index in [4.69, 9.17) is 4.42 Å². The summed E-state index contributed by atoms with van der Waals surface area (Å²) < 4.78 is 6.68. The van der Waals surface area contributed by atoms with Crippen LogP contribution < -0.4 is 9.80 Å². The van der Waals surface area contributed by atoms with Crippen LogP contribution in [0.1, 0.15) is 11.1 Å². The highest BCUT2D eigenvalue weighted by molar-refractivity contribution is 6.13. The van der Waals surface area contributed by atoms with Gasteiger partial charge < -0.3 is 14.2 Å². The summed E-state index contributed by atoms with van der Waals surface area (Å²) in [4.78, 5) is 4.49. The highest BCUT2D eigenvalue weighted by Crippen LogP contribution is 2.45. The third-order valence-electron chi connectivity index (χ3n) is 7.77. The van der Waals surface area contributed by atoms with E-state index in [1.165, 1.54) is 0 Å². The second-order valence-corrected chi connectivity index (χ2v) is 10.3. The van der Waals surface area contributed by atoms with E-state index in [-0.39, 0.29) is 0 Å². The Kier molecular flexibility index (Phi) is 6.82. The second-order valence-electron chi connectivity index (χ2n) is 10.3. The fraction of sp³-hybridized carbons (Fsp3) is 0. The molecule has 43 heavy (non-hydrogen) atoms. The third-order valence-corrected chi connectivity index (χ3v) is 7.77. The predicted octanol–water partition coefficient (Wildman–Crippen LogP) is 11.8. The minimum Gasteiger partial charge on any atom is -0.456 e. The van der Waals surface area contributed by atoms with E-state index in [2.05, 4.69) is 144 Å². The number of rotatable bonds is 8. The van der Waals surface area contributed by atoms with E-state index < -0.39 is 0 Å². The second kappa shape index (κ2) is 11.2. The molecule has 7 aromatic rings. The van der Waals surface area contributed by atoms with E-state index in [0.717, 1.165) is 67.2 Å². The normalized spacial score (nSPS) is 11.0. The van der Waals surface area contributed by atoms with Crippen LogP contribution in [-0.2, 0) is 0 Å². The minimum atomic E-state index is 0.797. The van der Waals surface area contributed by atoms with Crippen molar-refractivity contribution in [2.75, 3.05) is 9.80 Å². The molecule has 6 aromatic carbocycles. The van der Waals surface area contributed by atoms with Gasteiger partial charge in [-0.2, -0.15) is 0 Å². The number of hydrogen-bond donors (Lipinski definition) is 0. The maximum absolute atomic E-state index is 6.68. The van der Waals surface area contributed by atoms with Crippen LogP contribution >= 0.6 is 0 Å². The quantitative estimate of drug-likeness (QED) is 0.186. The molecule has 0 saturated heterocycles. The minimum absolute atomic E-state index is 0.797. The Bertz CT molecular complexity index is 1970. The molecule has 0 amide bonds. The number of anilines is 6. The summed E-state index contributed by atoms with van der Waals surface area (Å²) in [5.74, 6) is 0. The highest BCUT2D eigenvalue weighted by atomic mass is 16.3. The Labute approximate surface area is 251 Å². The molecule has 0 atom stereocenters. The van der Waals surface area contributed by atoms with E-state index in [9.17, 15) is 0 Å². The molecular weight excluding hydrogens is 524 g/mol. The number of fused-ring (bicyclic) bond motifs is 3.